The van der Waals surface area contributed by atoms with Gasteiger partial charge in [0, 0.05) is 32.3 Å². The molecule has 3 aromatic carbocycles. The monoisotopic (exact) mass is 594 g/mol. The lowest BCUT2D eigenvalue weighted by Crippen LogP contribution is -2.47. The number of halogens is 2. The molecular formula is C31H32Cl2N4O4. The van der Waals surface area contributed by atoms with Gasteiger partial charge in [-0.05, 0) is 60.8 Å². The summed E-state index contributed by atoms with van der Waals surface area (Å²) >= 11 is 12.4. The topological polar surface area (TPSA) is 82.2 Å². The first kappa shape index (κ1) is 28.9. The van der Waals surface area contributed by atoms with Gasteiger partial charge in [0.2, 0.25) is 11.8 Å². The number of amides is 3. The summed E-state index contributed by atoms with van der Waals surface area (Å²) in [6.07, 6.45) is 2.28. The van der Waals surface area contributed by atoms with E-state index in [1.165, 1.54) is 11.8 Å². The fourth-order valence-corrected chi connectivity index (χ4v) is 5.61. The van der Waals surface area contributed by atoms with Gasteiger partial charge in [0.05, 0.1) is 21.8 Å². The third-order valence-corrected chi connectivity index (χ3v) is 8.29. The lowest BCUT2D eigenvalue weighted by Gasteiger charge is -2.35. The van der Waals surface area contributed by atoms with E-state index in [1.807, 2.05) is 36.4 Å². The van der Waals surface area contributed by atoms with Crippen molar-refractivity contribution in [2.45, 2.75) is 25.8 Å². The van der Waals surface area contributed by atoms with Crippen LogP contribution < -0.4 is 15.0 Å². The van der Waals surface area contributed by atoms with Crippen LogP contribution in [0, 0.1) is 0 Å². The number of nitrogens with zero attached hydrogens (tertiary/aromatic N) is 3. The number of carbonyl (C=O) groups is 3. The number of hydrogen-bond acceptors (Lipinski definition) is 5. The molecule has 1 saturated heterocycles. The molecule has 41 heavy (non-hydrogen) atoms. The predicted molar refractivity (Wildman–Crippen MR) is 162 cm³/mol. The molecule has 1 N–H and O–H groups in total. The van der Waals surface area contributed by atoms with Crippen molar-refractivity contribution < 1.29 is 19.1 Å². The largest absolute Gasteiger partial charge is 0.482 e. The van der Waals surface area contributed by atoms with Crippen molar-refractivity contribution in [3.05, 3.63) is 76.3 Å². The van der Waals surface area contributed by atoms with Crippen molar-refractivity contribution in [1.82, 2.24) is 9.80 Å². The van der Waals surface area contributed by atoms with E-state index in [0.29, 0.717) is 23.0 Å². The molecule has 1 atom stereocenters. The summed E-state index contributed by atoms with van der Waals surface area (Å²) in [7, 11) is 1.79. The predicted octanol–water partition coefficient (Wildman–Crippen LogP) is 5.64. The highest BCUT2D eigenvalue weighted by Gasteiger charge is 2.32. The van der Waals surface area contributed by atoms with E-state index in [9.17, 15) is 14.4 Å². The minimum absolute atomic E-state index is 0.111. The van der Waals surface area contributed by atoms with Crippen LogP contribution in [0.5, 0.6) is 5.75 Å². The molecular weight excluding hydrogens is 563 g/mol. The van der Waals surface area contributed by atoms with Gasteiger partial charge in [-0.1, -0.05) is 59.6 Å². The van der Waals surface area contributed by atoms with Gasteiger partial charge in [-0.3, -0.25) is 19.3 Å². The molecule has 2 heterocycles. The zero-order chi connectivity index (χ0) is 29.1. The maximum Gasteiger partial charge on any atom is 0.265 e. The SMILES string of the molecule is CC(=O)Nc1ccc(-c2ccc(C(CN3CCCC3)N(C)C(=O)CN3C(=O)COc4cc(Cl)c(Cl)cc43)cc2)cc1. The minimum Gasteiger partial charge on any atom is -0.482 e. The van der Waals surface area contributed by atoms with Crippen molar-refractivity contribution in [2.24, 2.45) is 0 Å². The van der Waals surface area contributed by atoms with Crippen molar-refractivity contribution in [3.63, 3.8) is 0 Å². The summed E-state index contributed by atoms with van der Waals surface area (Å²) in [6, 6.07) is 18.8. The Bertz CT molecular complexity index is 1440. The summed E-state index contributed by atoms with van der Waals surface area (Å²) < 4.78 is 5.54. The smallest absolute Gasteiger partial charge is 0.265 e. The second-order valence-electron chi connectivity index (χ2n) is 10.4. The van der Waals surface area contributed by atoms with Crippen molar-refractivity contribution >= 4 is 52.3 Å². The maximum absolute atomic E-state index is 13.7. The molecule has 2 aliphatic heterocycles. The molecule has 2 aliphatic rings. The van der Waals surface area contributed by atoms with E-state index in [2.05, 4.69) is 22.3 Å². The standard InChI is InChI=1S/C31H32Cl2N4O4/c1-20(38)34-24-11-9-22(10-12-24)21-5-7-23(8-6-21)28(17-36-13-3-4-14-36)35(2)30(39)18-37-27-15-25(32)26(33)16-29(27)41-19-31(37)40/h5-12,15-16,28H,3-4,13-14,17-19H2,1-2H3,(H,34,38). The summed E-state index contributed by atoms with van der Waals surface area (Å²) in [6.45, 7) is 3.85. The number of fused-ring (bicyclic) bond motifs is 1. The van der Waals surface area contributed by atoms with E-state index >= 15 is 0 Å². The molecule has 1 unspecified atom stereocenters. The Morgan fingerprint density at radius 1 is 0.976 bits per heavy atom. The first-order valence-electron chi connectivity index (χ1n) is 13.6. The molecule has 0 aliphatic carbocycles. The van der Waals surface area contributed by atoms with E-state index < -0.39 is 0 Å². The first-order chi connectivity index (χ1) is 19.7. The highest BCUT2D eigenvalue weighted by molar-refractivity contribution is 6.42. The number of likely N-dealkylation sites (tertiary alicyclic amines) is 1. The van der Waals surface area contributed by atoms with Gasteiger partial charge < -0.3 is 19.9 Å². The van der Waals surface area contributed by atoms with E-state index in [4.69, 9.17) is 27.9 Å². The van der Waals surface area contributed by atoms with Gasteiger partial charge in [-0.25, -0.2) is 0 Å². The fourth-order valence-electron chi connectivity index (χ4n) is 5.30. The van der Waals surface area contributed by atoms with Gasteiger partial charge in [-0.15, -0.1) is 0 Å². The molecule has 10 heteroatoms. The summed E-state index contributed by atoms with van der Waals surface area (Å²) in [4.78, 5) is 43.3. The second kappa shape index (κ2) is 12.5. The molecule has 3 aromatic rings. The van der Waals surface area contributed by atoms with Crippen LogP contribution in [0.2, 0.25) is 10.0 Å². The van der Waals surface area contributed by atoms with Crippen LogP contribution in [0.25, 0.3) is 11.1 Å². The second-order valence-corrected chi connectivity index (χ2v) is 11.2. The lowest BCUT2D eigenvalue weighted by atomic mass is 9.99. The lowest BCUT2D eigenvalue weighted by molar-refractivity contribution is -0.133. The number of carbonyl (C=O) groups excluding carboxylic acids is 3. The average molecular weight is 596 g/mol. The molecule has 0 bridgehead atoms. The number of likely N-dealkylation sites (N-methyl/N-ethyl adjacent to an activating group) is 1. The molecule has 0 radical (unpaired) electrons. The zero-order valence-corrected chi connectivity index (χ0v) is 24.5. The van der Waals surface area contributed by atoms with Crippen molar-refractivity contribution in [1.29, 1.82) is 0 Å². The van der Waals surface area contributed by atoms with Crippen LogP contribution in [0.4, 0.5) is 11.4 Å². The Kier molecular flexibility index (Phi) is 8.82. The Morgan fingerprint density at radius 2 is 1.59 bits per heavy atom. The Morgan fingerprint density at radius 3 is 2.22 bits per heavy atom. The third kappa shape index (κ3) is 6.67. The Labute approximate surface area is 249 Å². The van der Waals surface area contributed by atoms with Crippen LogP contribution >= 0.6 is 23.2 Å². The van der Waals surface area contributed by atoms with E-state index in [0.717, 1.165) is 48.3 Å². The number of ether oxygens (including phenoxy) is 1. The highest BCUT2D eigenvalue weighted by Crippen LogP contribution is 2.39. The normalized spacial score (nSPS) is 15.7. The molecule has 5 rings (SSSR count). The van der Waals surface area contributed by atoms with E-state index in [1.54, 1.807) is 24.1 Å². The molecule has 0 saturated carbocycles. The minimum atomic E-state index is -0.317. The summed E-state index contributed by atoms with van der Waals surface area (Å²) in [5.74, 6) is -0.203. The van der Waals surface area contributed by atoms with Crippen LogP contribution in [0.15, 0.2) is 60.7 Å². The van der Waals surface area contributed by atoms with Gasteiger partial charge in [-0.2, -0.15) is 0 Å². The van der Waals surface area contributed by atoms with Crippen LogP contribution in [0.3, 0.4) is 0 Å². The molecule has 0 aromatic heterocycles. The van der Waals surface area contributed by atoms with Crippen LogP contribution in [-0.2, 0) is 14.4 Å². The highest BCUT2D eigenvalue weighted by atomic mass is 35.5. The Balaban J connectivity index is 1.36. The number of hydrogen-bond donors (Lipinski definition) is 1. The van der Waals surface area contributed by atoms with Gasteiger partial charge >= 0.3 is 0 Å². The van der Waals surface area contributed by atoms with Crippen LogP contribution in [0.1, 0.15) is 31.4 Å². The molecule has 8 nitrogen and oxygen atoms in total. The van der Waals surface area contributed by atoms with E-state index in [-0.39, 0.29) is 41.9 Å². The molecule has 3 amide bonds. The first-order valence-corrected chi connectivity index (χ1v) is 14.3. The average Bonchev–Trinajstić information content (AvgIpc) is 3.48. The van der Waals surface area contributed by atoms with Crippen LogP contribution in [-0.4, -0.2) is 67.4 Å². The van der Waals surface area contributed by atoms with Crippen molar-refractivity contribution in [3.8, 4) is 16.9 Å². The molecule has 0 spiro atoms. The van der Waals surface area contributed by atoms with Gasteiger partial charge in [0.15, 0.2) is 6.61 Å². The van der Waals surface area contributed by atoms with Gasteiger partial charge in [0.25, 0.3) is 5.91 Å². The number of nitrogens with one attached hydrogen (secondary N) is 1. The third-order valence-electron chi connectivity index (χ3n) is 7.56. The summed E-state index contributed by atoms with van der Waals surface area (Å²) in [5.41, 5.74) is 4.24. The molecule has 214 valence electrons. The van der Waals surface area contributed by atoms with Gasteiger partial charge in [0.1, 0.15) is 12.3 Å². The number of rotatable bonds is 8. The fraction of sp³-hybridized carbons (Fsp3) is 0.323. The number of benzene rings is 3. The zero-order valence-electron chi connectivity index (χ0n) is 23.0. The quantitative estimate of drug-likeness (QED) is 0.365. The summed E-state index contributed by atoms with van der Waals surface area (Å²) in [5, 5.41) is 3.39. The van der Waals surface area contributed by atoms with Crippen molar-refractivity contribution in [2.75, 3.05) is 50.1 Å². The maximum atomic E-state index is 13.7. The molecule has 1 fully saturated rings. The number of anilines is 2. The Hall–Kier alpha value is -3.59.